The lowest BCUT2D eigenvalue weighted by Crippen LogP contribution is -2.22. The van der Waals surface area contributed by atoms with Crippen LogP contribution in [0.25, 0.3) is 0 Å². The molecule has 0 bridgehead atoms. The van der Waals surface area contributed by atoms with Crippen molar-refractivity contribution in [2.75, 3.05) is 11.9 Å². The Bertz CT molecular complexity index is 826. The molecule has 2 N–H and O–H groups in total. The van der Waals surface area contributed by atoms with Gasteiger partial charge in [0.05, 0.1) is 5.92 Å². The van der Waals surface area contributed by atoms with E-state index in [1.165, 1.54) is 0 Å². The van der Waals surface area contributed by atoms with Crippen molar-refractivity contribution in [2.45, 2.75) is 6.92 Å². The Labute approximate surface area is 133 Å². The van der Waals surface area contributed by atoms with E-state index in [2.05, 4.69) is 5.32 Å². The monoisotopic (exact) mass is 309 g/mol. The van der Waals surface area contributed by atoms with Crippen LogP contribution < -0.4 is 5.32 Å². The molecule has 0 aromatic heterocycles. The van der Waals surface area contributed by atoms with Crippen LogP contribution >= 0.6 is 0 Å². The van der Waals surface area contributed by atoms with Gasteiger partial charge >= 0.3 is 5.97 Å². The van der Waals surface area contributed by atoms with E-state index in [-0.39, 0.29) is 18.1 Å². The maximum atomic E-state index is 12.6. The standard InChI is InChI=1S/C18H15NO4/c1-10(18(22)23)9-19-11-6-7-14-15(8-11)17(21)13-5-3-2-4-12(13)16(14)20/h2-8,10,19H,9H2,1H3,(H,22,23). The van der Waals surface area contributed by atoms with Crippen molar-refractivity contribution in [3.63, 3.8) is 0 Å². The van der Waals surface area contributed by atoms with E-state index in [0.717, 1.165) is 0 Å². The molecule has 0 amide bonds. The number of hydrogen-bond donors (Lipinski definition) is 2. The molecule has 1 aliphatic rings. The van der Waals surface area contributed by atoms with Crippen molar-refractivity contribution >= 4 is 23.2 Å². The second-order valence-corrected chi connectivity index (χ2v) is 5.58. The number of nitrogens with one attached hydrogen (secondary N) is 1. The van der Waals surface area contributed by atoms with Crippen molar-refractivity contribution < 1.29 is 19.5 Å². The van der Waals surface area contributed by atoms with Crippen LogP contribution in [0.1, 0.15) is 38.8 Å². The molecule has 2 aromatic carbocycles. The first-order valence-corrected chi connectivity index (χ1v) is 7.28. The molecule has 1 aliphatic carbocycles. The number of ketones is 2. The van der Waals surface area contributed by atoms with Crippen molar-refractivity contribution in [1.82, 2.24) is 0 Å². The van der Waals surface area contributed by atoms with Crippen LogP contribution in [0.3, 0.4) is 0 Å². The lowest BCUT2D eigenvalue weighted by molar-refractivity contribution is -0.140. The van der Waals surface area contributed by atoms with E-state index < -0.39 is 11.9 Å². The van der Waals surface area contributed by atoms with Crippen LogP contribution in [0.2, 0.25) is 0 Å². The van der Waals surface area contributed by atoms with Gasteiger partial charge in [-0.3, -0.25) is 14.4 Å². The number of anilines is 1. The first kappa shape index (κ1) is 15.0. The number of rotatable bonds is 4. The molecule has 5 nitrogen and oxygen atoms in total. The van der Waals surface area contributed by atoms with E-state index in [1.54, 1.807) is 49.4 Å². The molecule has 23 heavy (non-hydrogen) atoms. The van der Waals surface area contributed by atoms with Gasteiger partial charge in [-0.25, -0.2) is 0 Å². The Kier molecular flexibility index (Phi) is 3.70. The van der Waals surface area contributed by atoms with Gasteiger partial charge in [-0.1, -0.05) is 31.2 Å². The van der Waals surface area contributed by atoms with Gasteiger partial charge in [-0.2, -0.15) is 0 Å². The van der Waals surface area contributed by atoms with Gasteiger partial charge < -0.3 is 10.4 Å². The molecule has 0 spiro atoms. The molecule has 2 aromatic rings. The van der Waals surface area contributed by atoms with Crippen molar-refractivity contribution in [3.05, 3.63) is 64.7 Å². The molecule has 1 atom stereocenters. The summed E-state index contributed by atoms with van der Waals surface area (Å²) >= 11 is 0. The normalized spacial score (nSPS) is 14.0. The quantitative estimate of drug-likeness (QED) is 0.774. The zero-order chi connectivity index (χ0) is 16.6. The topological polar surface area (TPSA) is 83.5 Å². The van der Waals surface area contributed by atoms with Gasteiger partial charge in [-0.15, -0.1) is 0 Å². The van der Waals surface area contributed by atoms with Gasteiger partial charge in [0.2, 0.25) is 0 Å². The summed E-state index contributed by atoms with van der Waals surface area (Å²) in [5, 5.41) is 11.9. The lowest BCUT2D eigenvalue weighted by atomic mass is 9.84. The highest BCUT2D eigenvalue weighted by Gasteiger charge is 2.29. The molecular formula is C18H15NO4. The summed E-state index contributed by atoms with van der Waals surface area (Å²) in [5.74, 6) is -1.80. The molecule has 116 valence electrons. The Balaban J connectivity index is 1.93. The molecule has 0 saturated heterocycles. The predicted octanol–water partition coefficient (Wildman–Crippen LogP) is 2.59. The molecule has 1 unspecified atom stereocenters. The molecule has 0 aliphatic heterocycles. The minimum atomic E-state index is -0.893. The van der Waals surface area contributed by atoms with E-state index in [0.29, 0.717) is 27.9 Å². The van der Waals surface area contributed by atoms with Crippen LogP contribution in [0.5, 0.6) is 0 Å². The molecule has 3 rings (SSSR count). The van der Waals surface area contributed by atoms with Crippen molar-refractivity contribution in [1.29, 1.82) is 0 Å². The fourth-order valence-electron chi connectivity index (χ4n) is 2.57. The number of carboxylic acid groups (broad SMARTS) is 1. The van der Waals surface area contributed by atoms with E-state index in [9.17, 15) is 14.4 Å². The van der Waals surface area contributed by atoms with Gasteiger partial charge in [0.25, 0.3) is 0 Å². The smallest absolute Gasteiger partial charge is 0.308 e. The SMILES string of the molecule is CC(CNc1ccc2c(c1)C(=O)c1ccccc1C2=O)C(=O)O. The molecule has 0 heterocycles. The number of benzene rings is 2. The Hall–Kier alpha value is -2.95. The van der Waals surface area contributed by atoms with Gasteiger partial charge in [0, 0.05) is 34.5 Å². The van der Waals surface area contributed by atoms with Crippen molar-refractivity contribution in [3.8, 4) is 0 Å². The first-order chi connectivity index (χ1) is 11.0. The average molecular weight is 309 g/mol. The molecular weight excluding hydrogens is 294 g/mol. The second kappa shape index (κ2) is 5.68. The molecule has 0 fully saturated rings. The fourth-order valence-corrected chi connectivity index (χ4v) is 2.57. The number of hydrogen-bond acceptors (Lipinski definition) is 4. The number of carboxylic acids is 1. The molecule has 0 radical (unpaired) electrons. The van der Waals surface area contributed by atoms with E-state index in [1.807, 2.05) is 0 Å². The second-order valence-electron chi connectivity index (χ2n) is 5.58. The average Bonchev–Trinajstić information content (AvgIpc) is 2.57. The Morgan fingerprint density at radius 2 is 1.57 bits per heavy atom. The summed E-state index contributed by atoms with van der Waals surface area (Å²) < 4.78 is 0. The highest BCUT2D eigenvalue weighted by molar-refractivity contribution is 6.28. The highest BCUT2D eigenvalue weighted by Crippen LogP contribution is 2.29. The van der Waals surface area contributed by atoms with Gasteiger partial charge in [0.1, 0.15) is 0 Å². The Morgan fingerprint density at radius 3 is 2.17 bits per heavy atom. The molecule has 5 heteroatoms. The number of carbonyl (C=O) groups excluding carboxylic acids is 2. The zero-order valence-corrected chi connectivity index (χ0v) is 12.5. The van der Waals surface area contributed by atoms with E-state index >= 15 is 0 Å². The Morgan fingerprint density at radius 1 is 1.00 bits per heavy atom. The first-order valence-electron chi connectivity index (χ1n) is 7.28. The fraction of sp³-hybridized carbons (Fsp3) is 0.167. The third-order valence-corrected chi connectivity index (χ3v) is 3.96. The maximum absolute atomic E-state index is 12.6. The van der Waals surface area contributed by atoms with Crippen LogP contribution in [0.15, 0.2) is 42.5 Å². The summed E-state index contributed by atoms with van der Waals surface area (Å²) in [5.41, 5.74) is 2.18. The summed E-state index contributed by atoms with van der Waals surface area (Å²) in [7, 11) is 0. The lowest BCUT2D eigenvalue weighted by Gasteiger charge is -2.18. The number of carbonyl (C=O) groups is 3. The maximum Gasteiger partial charge on any atom is 0.308 e. The van der Waals surface area contributed by atoms with Crippen LogP contribution in [0.4, 0.5) is 5.69 Å². The summed E-state index contributed by atoms with van der Waals surface area (Å²) in [4.78, 5) is 35.9. The minimum Gasteiger partial charge on any atom is -0.481 e. The largest absolute Gasteiger partial charge is 0.481 e. The summed E-state index contributed by atoms with van der Waals surface area (Å²) in [6, 6.07) is 11.7. The van der Waals surface area contributed by atoms with Crippen LogP contribution in [-0.2, 0) is 4.79 Å². The molecule has 0 saturated carbocycles. The van der Waals surface area contributed by atoms with Crippen LogP contribution in [-0.4, -0.2) is 29.2 Å². The number of fused-ring (bicyclic) bond motifs is 2. The van der Waals surface area contributed by atoms with Gasteiger partial charge in [0.15, 0.2) is 11.6 Å². The zero-order valence-electron chi connectivity index (χ0n) is 12.5. The van der Waals surface area contributed by atoms with Crippen LogP contribution in [0, 0.1) is 5.92 Å². The third-order valence-electron chi connectivity index (χ3n) is 3.96. The van der Waals surface area contributed by atoms with E-state index in [4.69, 9.17) is 5.11 Å². The minimum absolute atomic E-state index is 0.166. The van der Waals surface area contributed by atoms with Gasteiger partial charge in [-0.05, 0) is 18.2 Å². The summed E-state index contributed by atoms with van der Waals surface area (Å²) in [6.45, 7) is 1.84. The number of aliphatic carboxylic acids is 1. The summed E-state index contributed by atoms with van der Waals surface area (Å²) in [6.07, 6.45) is 0. The third kappa shape index (κ3) is 2.61. The predicted molar refractivity (Wildman–Crippen MR) is 85.0 cm³/mol. The highest BCUT2D eigenvalue weighted by atomic mass is 16.4. The van der Waals surface area contributed by atoms with Crippen molar-refractivity contribution in [2.24, 2.45) is 5.92 Å².